The zero-order chi connectivity index (χ0) is 15.4. The molecule has 0 aliphatic rings. The Morgan fingerprint density at radius 1 is 1.14 bits per heavy atom. The van der Waals surface area contributed by atoms with Gasteiger partial charge in [0.15, 0.2) is 0 Å². The minimum Gasteiger partial charge on any atom is -0.316 e. The van der Waals surface area contributed by atoms with Gasteiger partial charge in [0.1, 0.15) is 6.04 Å². The van der Waals surface area contributed by atoms with Crippen LogP contribution in [0.15, 0.2) is 54.6 Å². The molecule has 0 unspecified atom stereocenters. The van der Waals surface area contributed by atoms with Crippen LogP contribution in [0, 0.1) is 10.1 Å². The summed E-state index contributed by atoms with van der Waals surface area (Å²) in [4.78, 5) is 23.8. The Labute approximate surface area is 121 Å². The molecule has 6 heteroatoms. The van der Waals surface area contributed by atoms with E-state index in [2.05, 4.69) is 0 Å². The van der Waals surface area contributed by atoms with Gasteiger partial charge in [-0.3, -0.25) is 14.9 Å². The first-order chi connectivity index (χ1) is 10.0. The molecule has 2 rings (SSSR count). The van der Waals surface area contributed by atoms with E-state index >= 15 is 0 Å². The Kier molecular flexibility index (Phi) is 4.30. The zero-order valence-corrected chi connectivity index (χ0v) is 11.5. The molecule has 0 aliphatic heterocycles. The first-order valence-electron chi connectivity index (χ1n) is 6.33. The van der Waals surface area contributed by atoms with E-state index in [0.29, 0.717) is 5.69 Å². The number of hydrogen-bond donors (Lipinski definition) is 1. The topological polar surface area (TPSA) is 89.5 Å². The molecule has 0 saturated carbocycles. The number of nitrogens with two attached hydrogens (primary N) is 1. The van der Waals surface area contributed by atoms with Gasteiger partial charge in [-0.25, -0.2) is 0 Å². The van der Waals surface area contributed by atoms with E-state index in [9.17, 15) is 14.9 Å². The third kappa shape index (κ3) is 3.24. The number of amides is 1. The summed E-state index contributed by atoms with van der Waals surface area (Å²) in [5, 5.41) is 10.6. The number of rotatable bonds is 4. The summed E-state index contributed by atoms with van der Waals surface area (Å²) in [5.41, 5.74) is 7.21. The fourth-order valence-corrected chi connectivity index (χ4v) is 1.94. The second kappa shape index (κ2) is 6.15. The van der Waals surface area contributed by atoms with Gasteiger partial charge in [0.05, 0.1) is 4.92 Å². The average Bonchev–Trinajstić information content (AvgIpc) is 2.53. The first kappa shape index (κ1) is 14.7. The van der Waals surface area contributed by atoms with Crippen molar-refractivity contribution in [3.63, 3.8) is 0 Å². The van der Waals surface area contributed by atoms with Crippen LogP contribution >= 0.6 is 0 Å². The summed E-state index contributed by atoms with van der Waals surface area (Å²) >= 11 is 0. The van der Waals surface area contributed by atoms with Gasteiger partial charge in [-0.05, 0) is 17.7 Å². The van der Waals surface area contributed by atoms with Gasteiger partial charge in [0, 0.05) is 24.9 Å². The van der Waals surface area contributed by atoms with Gasteiger partial charge in [0.2, 0.25) is 5.91 Å². The van der Waals surface area contributed by atoms with Crippen molar-refractivity contribution in [2.24, 2.45) is 5.73 Å². The highest BCUT2D eigenvalue weighted by Crippen LogP contribution is 2.21. The van der Waals surface area contributed by atoms with Crippen molar-refractivity contribution in [1.29, 1.82) is 0 Å². The lowest BCUT2D eigenvalue weighted by Gasteiger charge is -2.21. The Hall–Kier alpha value is -2.73. The summed E-state index contributed by atoms with van der Waals surface area (Å²) in [6, 6.07) is 14.0. The van der Waals surface area contributed by atoms with Crippen molar-refractivity contribution in [1.82, 2.24) is 0 Å². The van der Waals surface area contributed by atoms with Crippen LogP contribution in [0.2, 0.25) is 0 Å². The maximum absolute atomic E-state index is 12.3. The average molecular weight is 285 g/mol. The van der Waals surface area contributed by atoms with Gasteiger partial charge < -0.3 is 10.6 Å². The molecule has 0 fully saturated rings. The first-order valence-corrected chi connectivity index (χ1v) is 6.33. The molecule has 1 atom stereocenters. The molecule has 2 N–H and O–H groups in total. The normalized spacial score (nSPS) is 11.7. The molecule has 2 aromatic carbocycles. The number of nitrogens with zero attached hydrogens (tertiary/aromatic N) is 2. The summed E-state index contributed by atoms with van der Waals surface area (Å²) in [6.45, 7) is 0. The molecule has 0 aliphatic carbocycles. The summed E-state index contributed by atoms with van der Waals surface area (Å²) in [7, 11) is 1.59. The number of hydrogen-bond acceptors (Lipinski definition) is 4. The highest BCUT2D eigenvalue weighted by molar-refractivity contribution is 5.97. The second-order valence-electron chi connectivity index (χ2n) is 4.56. The van der Waals surface area contributed by atoms with Gasteiger partial charge >= 0.3 is 0 Å². The van der Waals surface area contributed by atoms with Crippen molar-refractivity contribution < 1.29 is 9.72 Å². The van der Waals surface area contributed by atoms with Crippen LogP contribution in [0.4, 0.5) is 11.4 Å². The van der Waals surface area contributed by atoms with E-state index in [-0.39, 0.29) is 11.6 Å². The third-order valence-electron chi connectivity index (χ3n) is 3.20. The van der Waals surface area contributed by atoms with Crippen LogP contribution in [0.1, 0.15) is 11.6 Å². The Bertz CT molecular complexity index is 641. The maximum atomic E-state index is 12.3. The minimum absolute atomic E-state index is 0.0213. The van der Waals surface area contributed by atoms with Crippen LogP contribution in [-0.2, 0) is 4.79 Å². The van der Waals surface area contributed by atoms with Crippen molar-refractivity contribution in [3.8, 4) is 0 Å². The van der Waals surface area contributed by atoms with Gasteiger partial charge in [0.25, 0.3) is 5.69 Å². The number of benzene rings is 2. The summed E-state index contributed by atoms with van der Waals surface area (Å²) in [6.07, 6.45) is 0. The number of carbonyl (C=O) groups is 1. The molecule has 108 valence electrons. The number of non-ortho nitro benzene ring substituents is 1. The summed E-state index contributed by atoms with van der Waals surface area (Å²) in [5.74, 6) is -0.282. The monoisotopic (exact) mass is 285 g/mol. The number of likely N-dealkylation sites (N-methyl/N-ethyl adjacent to an activating group) is 1. The Morgan fingerprint density at radius 2 is 1.71 bits per heavy atom. The standard InChI is InChI=1S/C15H15N3O3/c1-17(12-7-9-13(10-8-12)18(20)21)15(19)14(16)11-5-3-2-4-6-11/h2-10,14H,16H2,1H3/t14-/m1/s1. The third-order valence-corrected chi connectivity index (χ3v) is 3.20. The molecule has 0 saturated heterocycles. The van der Waals surface area contributed by atoms with Crippen molar-refractivity contribution in [2.45, 2.75) is 6.04 Å². The molecule has 2 aromatic rings. The van der Waals surface area contributed by atoms with Crippen LogP contribution in [0.5, 0.6) is 0 Å². The Balaban J connectivity index is 2.17. The lowest BCUT2D eigenvalue weighted by molar-refractivity contribution is -0.384. The number of carbonyl (C=O) groups excluding carboxylic acids is 1. The number of anilines is 1. The SMILES string of the molecule is CN(C(=O)[C@H](N)c1ccccc1)c1ccc([N+](=O)[O-])cc1. The number of nitro benzene ring substituents is 1. The van der Waals surface area contributed by atoms with Crippen molar-refractivity contribution >= 4 is 17.3 Å². The predicted molar refractivity (Wildman–Crippen MR) is 79.9 cm³/mol. The van der Waals surface area contributed by atoms with Crippen molar-refractivity contribution in [3.05, 3.63) is 70.3 Å². The van der Waals surface area contributed by atoms with Gasteiger partial charge in [-0.2, -0.15) is 0 Å². The summed E-state index contributed by atoms with van der Waals surface area (Å²) < 4.78 is 0. The van der Waals surface area contributed by atoms with E-state index in [1.165, 1.54) is 29.2 Å². The number of nitro groups is 1. The van der Waals surface area contributed by atoms with Gasteiger partial charge in [-0.15, -0.1) is 0 Å². The molecule has 21 heavy (non-hydrogen) atoms. The smallest absolute Gasteiger partial charge is 0.269 e. The van der Waals surface area contributed by atoms with Crippen LogP contribution in [0.3, 0.4) is 0 Å². The highest BCUT2D eigenvalue weighted by atomic mass is 16.6. The maximum Gasteiger partial charge on any atom is 0.269 e. The predicted octanol–water partition coefficient (Wildman–Crippen LogP) is 2.26. The quantitative estimate of drug-likeness (QED) is 0.689. The molecule has 6 nitrogen and oxygen atoms in total. The van der Waals surface area contributed by atoms with E-state index in [4.69, 9.17) is 5.73 Å². The Morgan fingerprint density at radius 3 is 2.24 bits per heavy atom. The fourth-order valence-electron chi connectivity index (χ4n) is 1.94. The largest absolute Gasteiger partial charge is 0.316 e. The molecule has 0 radical (unpaired) electrons. The van der Waals surface area contributed by atoms with Crippen LogP contribution in [-0.4, -0.2) is 17.9 Å². The minimum atomic E-state index is -0.772. The molecule has 0 bridgehead atoms. The molecule has 0 heterocycles. The lowest BCUT2D eigenvalue weighted by atomic mass is 10.1. The van der Waals surface area contributed by atoms with E-state index in [1.807, 2.05) is 18.2 Å². The zero-order valence-electron chi connectivity index (χ0n) is 11.5. The molecular formula is C15H15N3O3. The van der Waals surface area contributed by atoms with E-state index in [0.717, 1.165) is 5.56 Å². The second-order valence-corrected chi connectivity index (χ2v) is 4.56. The molecule has 0 aromatic heterocycles. The lowest BCUT2D eigenvalue weighted by Crippen LogP contribution is -2.35. The van der Waals surface area contributed by atoms with Crippen molar-refractivity contribution in [2.75, 3.05) is 11.9 Å². The highest BCUT2D eigenvalue weighted by Gasteiger charge is 2.21. The fraction of sp³-hybridized carbons (Fsp3) is 0.133. The molecular weight excluding hydrogens is 270 g/mol. The van der Waals surface area contributed by atoms with E-state index < -0.39 is 11.0 Å². The van der Waals surface area contributed by atoms with E-state index in [1.54, 1.807) is 19.2 Å². The van der Waals surface area contributed by atoms with Gasteiger partial charge in [-0.1, -0.05) is 30.3 Å². The van der Waals surface area contributed by atoms with Crippen LogP contribution < -0.4 is 10.6 Å². The molecule has 1 amide bonds. The van der Waals surface area contributed by atoms with Crippen LogP contribution in [0.25, 0.3) is 0 Å². The molecule has 0 spiro atoms.